The highest BCUT2D eigenvalue weighted by atomic mass is 16.6. The van der Waals surface area contributed by atoms with Gasteiger partial charge >= 0.3 is 5.97 Å². The molecule has 2 amide bonds. The predicted molar refractivity (Wildman–Crippen MR) is 142 cm³/mol. The van der Waals surface area contributed by atoms with Crippen molar-refractivity contribution in [3.05, 3.63) is 36.9 Å². The van der Waals surface area contributed by atoms with Crippen LogP contribution in [0.3, 0.4) is 0 Å². The predicted octanol–water partition coefficient (Wildman–Crippen LogP) is 2.80. The summed E-state index contributed by atoms with van der Waals surface area (Å²) in [6.45, 7) is 13.3. The zero-order valence-electron chi connectivity index (χ0n) is 23.2. The van der Waals surface area contributed by atoms with Gasteiger partial charge in [0, 0.05) is 12.2 Å². The molecule has 3 aliphatic heterocycles. The number of rotatable bonds is 10. The van der Waals surface area contributed by atoms with E-state index in [-0.39, 0.29) is 43.4 Å². The molecule has 0 aromatic heterocycles. The lowest BCUT2D eigenvalue weighted by Gasteiger charge is -2.40. The summed E-state index contributed by atoms with van der Waals surface area (Å²) in [6.07, 6.45) is 2.06. The molecule has 7 atom stereocenters. The molecule has 1 aromatic carbocycles. The highest BCUT2D eigenvalue weighted by Crippen LogP contribution is 2.65. The third kappa shape index (κ3) is 4.02. The van der Waals surface area contributed by atoms with Gasteiger partial charge in [-0.25, -0.2) is 0 Å². The number of hydrogen-bond donors (Lipinski definition) is 1. The van der Waals surface area contributed by atoms with E-state index in [4.69, 9.17) is 14.2 Å². The van der Waals surface area contributed by atoms with E-state index >= 15 is 0 Å². The molecule has 4 rings (SSSR count). The number of anilines is 1. The van der Waals surface area contributed by atoms with Crippen LogP contribution in [-0.4, -0.2) is 77.9 Å². The molecule has 9 nitrogen and oxygen atoms in total. The van der Waals surface area contributed by atoms with Gasteiger partial charge in [0.1, 0.15) is 23.3 Å². The Hall–Kier alpha value is -2.91. The highest BCUT2D eigenvalue weighted by Gasteiger charge is 2.80. The standard InChI is InChI=1S/C29H40N2O7/c1-8-14-30(19-10-12-20(36-7)13-11-19)26(34)24-29-15-18(5)28(6,38-29)23(27(35)37-9-2)22(29)25(33)31(24)21(16-32)17(3)4/h8,10-13,17-18,21-24,32H,1,9,14-16H2,2-7H3/t18?,21-,22-,23+,24?,28-,29?/m0/s1. The number of carbonyl (C=O) groups excluding carboxylic acids is 3. The van der Waals surface area contributed by atoms with Gasteiger partial charge in [0.2, 0.25) is 5.91 Å². The normalized spacial score (nSPS) is 32.3. The van der Waals surface area contributed by atoms with Gasteiger partial charge in [-0.3, -0.25) is 14.4 Å². The fourth-order valence-electron chi connectivity index (χ4n) is 6.89. The maximum absolute atomic E-state index is 14.6. The van der Waals surface area contributed by atoms with E-state index in [1.807, 2.05) is 27.7 Å². The van der Waals surface area contributed by atoms with E-state index in [0.717, 1.165) is 0 Å². The first-order valence-electron chi connectivity index (χ1n) is 13.4. The van der Waals surface area contributed by atoms with E-state index in [1.54, 1.807) is 49.3 Å². The molecule has 3 fully saturated rings. The number of hydrogen-bond acceptors (Lipinski definition) is 7. The van der Waals surface area contributed by atoms with Crippen LogP contribution in [0.25, 0.3) is 0 Å². The van der Waals surface area contributed by atoms with E-state index in [1.165, 1.54) is 4.90 Å². The monoisotopic (exact) mass is 528 g/mol. The Bertz CT molecular complexity index is 1090. The topological polar surface area (TPSA) is 106 Å². The van der Waals surface area contributed by atoms with Gasteiger partial charge in [-0.15, -0.1) is 6.58 Å². The first-order valence-corrected chi connectivity index (χ1v) is 13.4. The zero-order valence-corrected chi connectivity index (χ0v) is 23.2. The minimum atomic E-state index is -1.23. The van der Waals surface area contributed by atoms with Gasteiger partial charge in [0.05, 0.1) is 37.9 Å². The SMILES string of the molecule is C=CCN(C(=O)C1N([C@@H](CO)C(C)C)C(=O)[C@@H]2[C@H](C(=O)OCC)[C@@]3(C)OC12CC3C)c1ccc(OC)cc1. The molecule has 208 valence electrons. The van der Waals surface area contributed by atoms with Gasteiger partial charge in [0.15, 0.2) is 0 Å². The number of benzene rings is 1. The van der Waals surface area contributed by atoms with Gasteiger partial charge in [-0.2, -0.15) is 0 Å². The van der Waals surface area contributed by atoms with Crippen LogP contribution in [-0.2, 0) is 23.9 Å². The average Bonchev–Trinajstić information content (AvgIpc) is 3.39. The second-order valence-electron chi connectivity index (χ2n) is 11.1. The molecule has 38 heavy (non-hydrogen) atoms. The number of nitrogens with zero attached hydrogens (tertiary/aromatic N) is 2. The number of aliphatic hydroxyl groups excluding tert-OH is 1. The maximum Gasteiger partial charge on any atom is 0.312 e. The molecule has 0 aliphatic carbocycles. The third-order valence-corrected chi connectivity index (χ3v) is 8.80. The van der Waals surface area contributed by atoms with E-state index < -0.39 is 41.1 Å². The molecule has 1 spiro atoms. The molecule has 1 N–H and O–H groups in total. The molecule has 3 aliphatic rings. The van der Waals surface area contributed by atoms with Crippen molar-refractivity contribution in [3.63, 3.8) is 0 Å². The van der Waals surface area contributed by atoms with Crippen LogP contribution in [0.2, 0.25) is 0 Å². The summed E-state index contributed by atoms with van der Waals surface area (Å²) >= 11 is 0. The van der Waals surface area contributed by atoms with Crippen LogP contribution in [0.4, 0.5) is 5.69 Å². The smallest absolute Gasteiger partial charge is 0.312 e. The molecule has 1 aromatic rings. The molecule has 3 saturated heterocycles. The first kappa shape index (κ1) is 28.1. The van der Waals surface area contributed by atoms with Crippen molar-refractivity contribution in [2.75, 3.05) is 31.8 Å². The maximum atomic E-state index is 14.6. The number of likely N-dealkylation sites (tertiary alicyclic amines) is 1. The number of ether oxygens (including phenoxy) is 3. The van der Waals surface area contributed by atoms with Gasteiger partial charge in [-0.05, 0) is 56.4 Å². The summed E-state index contributed by atoms with van der Waals surface area (Å²) in [6, 6.07) is 5.41. The number of methoxy groups -OCH3 is 1. The van der Waals surface area contributed by atoms with Crippen molar-refractivity contribution in [1.29, 1.82) is 0 Å². The average molecular weight is 529 g/mol. The molecule has 9 heteroatoms. The Kier molecular flexibility index (Phi) is 7.65. The fourth-order valence-corrected chi connectivity index (χ4v) is 6.89. The van der Waals surface area contributed by atoms with Crippen molar-refractivity contribution in [2.45, 2.75) is 64.3 Å². The second-order valence-corrected chi connectivity index (χ2v) is 11.1. The molecule has 0 saturated carbocycles. The van der Waals surface area contributed by atoms with E-state index in [2.05, 4.69) is 6.58 Å². The van der Waals surface area contributed by atoms with Crippen LogP contribution in [0.5, 0.6) is 5.75 Å². The zero-order chi connectivity index (χ0) is 28.0. The molecular weight excluding hydrogens is 488 g/mol. The summed E-state index contributed by atoms with van der Waals surface area (Å²) in [5.74, 6) is -2.51. The summed E-state index contributed by atoms with van der Waals surface area (Å²) in [7, 11) is 1.57. The first-order chi connectivity index (χ1) is 18.0. The van der Waals surface area contributed by atoms with Gasteiger partial charge < -0.3 is 29.1 Å². The largest absolute Gasteiger partial charge is 0.497 e. The third-order valence-electron chi connectivity index (χ3n) is 8.80. The highest BCUT2D eigenvalue weighted by molar-refractivity contribution is 6.05. The van der Waals surface area contributed by atoms with Gasteiger partial charge in [0.25, 0.3) is 5.91 Å². The summed E-state index contributed by atoms with van der Waals surface area (Å²) in [5, 5.41) is 10.4. The van der Waals surface area contributed by atoms with E-state index in [0.29, 0.717) is 17.9 Å². The molecule has 0 radical (unpaired) electrons. The second kappa shape index (κ2) is 10.3. The number of carbonyl (C=O) groups is 3. The van der Waals surface area contributed by atoms with Crippen LogP contribution >= 0.6 is 0 Å². The van der Waals surface area contributed by atoms with Crippen molar-refractivity contribution in [3.8, 4) is 5.75 Å². The molecule has 3 heterocycles. The number of aliphatic hydroxyl groups is 1. The van der Waals surface area contributed by atoms with Crippen molar-refractivity contribution >= 4 is 23.5 Å². The van der Waals surface area contributed by atoms with Gasteiger partial charge in [-0.1, -0.05) is 26.8 Å². The Morgan fingerprint density at radius 2 is 1.97 bits per heavy atom. The molecule has 3 unspecified atom stereocenters. The summed E-state index contributed by atoms with van der Waals surface area (Å²) in [4.78, 5) is 45.3. The molecular formula is C29H40N2O7. The number of esters is 1. The Balaban J connectivity index is 1.88. The fraction of sp³-hybridized carbons (Fsp3) is 0.621. The minimum absolute atomic E-state index is 0.100. The number of fused-ring (bicyclic) bond motifs is 1. The van der Waals surface area contributed by atoms with Crippen molar-refractivity contribution in [2.24, 2.45) is 23.7 Å². The van der Waals surface area contributed by atoms with Crippen LogP contribution < -0.4 is 9.64 Å². The number of amides is 2. The minimum Gasteiger partial charge on any atom is -0.497 e. The quantitative estimate of drug-likeness (QED) is 0.368. The van der Waals surface area contributed by atoms with Crippen LogP contribution in [0.15, 0.2) is 36.9 Å². The lowest BCUT2D eigenvalue weighted by Crippen LogP contribution is -2.60. The Labute approximate surface area is 224 Å². The van der Waals surface area contributed by atoms with Crippen molar-refractivity contribution in [1.82, 2.24) is 4.90 Å². The van der Waals surface area contributed by atoms with Crippen molar-refractivity contribution < 1.29 is 33.7 Å². The Morgan fingerprint density at radius 1 is 1.32 bits per heavy atom. The van der Waals surface area contributed by atoms with E-state index in [9.17, 15) is 19.5 Å². The van der Waals surface area contributed by atoms with Crippen LogP contribution in [0.1, 0.15) is 41.0 Å². The lowest BCUT2D eigenvalue weighted by molar-refractivity contribution is -0.162. The Morgan fingerprint density at radius 3 is 2.50 bits per heavy atom. The summed E-state index contributed by atoms with van der Waals surface area (Å²) < 4.78 is 17.4. The molecule has 2 bridgehead atoms. The summed E-state index contributed by atoms with van der Waals surface area (Å²) in [5.41, 5.74) is -1.57. The lowest BCUT2D eigenvalue weighted by atomic mass is 9.62. The van der Waals surface area contributed by atoms with Crippen LogP contribution in [0, 0.1) is 23.7 Å².